The molecule has 3 heterocycles. The summed E-state index contributed by atoms with van der Waals surface area (Å²) in [6.07, 6.45) is 0. The van der Waals surface area contributed by atoms with E-state index in [2.05, 4.69) is 232 Å². The Balaban J connectivity index is 1.15. The van der Waals surface area contributed by atoms with Gasteiger partial charge in [-0.15, -0.1) is 0 Å². The predicted octanol–water partition coefficient (Wildman–Crippen LogP) is 13.8. The number of nitrogens with zero attached hydrogens (tertiary/aromatic N) is 5. The van der Waals surface area contributed by atoms with E-state index in [0.29, 0.717) is 0 Å². The van der Waals surface area contributed by atoms with Crippen LogP contribution in [-0.4, -0.2) is 18.5 Å². The van der Waals surface area contributed by atoms with Crippen LogP contribution in [0.5, 0.6) is 0 Å². The van der Waals surface area contributed by atoms with Crippen LogP contribution in [-0.2, 0) is 5.41 Å². The summed E-state index contributed by atoms with van der Waals surface area (Å²) < 4.78 is 6.98. The summed E-state index contributed by atoms with van der Waals surface area (Å²) in [6, 6.07) is 72.2. The van der Waals surface area contributed by atoms with Crippen molar-refractivity contribution in [3.8, 4) is 33.6 Å². The van der Waals surface area contributed by atoms with Crippen LogP contribution in [0, 0.1) is 0 Å². The zero-order valence-electron chi connectivity index (χ0n) is 32.8. The summed E-state index contributed by atoms with van der Waals surface area (Å²) in [5, 5.41) is 1.16. The fourth-order valence-corrected chi connectivity index (χ4v) is 9.73. The first kappa shape index (κ1) is 33.5. The van der Waals surface area contributed by atoms with E-state index >= 15 is 0 Å². The topological polar surface area (TPSA) is 30.4 Å². The lowest BCUT2D eigenvalue weighted by molar-refractivity contribution is 0.660. The molecule has 12 rings (SSSR count). The van der Waals surface area contributed by atoms with Gasteiger partial charge in [0.15, 0.2) is 5.65 Å². The molecule has 0 bridgehead atoms. The molecule has 1 aliphatic rings. The normalized spacial score (nSPS) is 13.1. The van der Waals surface area contributed by atoms with E-state index in [1.807, 2.05) is 0 Å². The van der Waals surface area contributed by atoms with Gasteiger partial charge in [-0.2, -0.15) is 4.98 Å². The molecule has 0 amide bonds. The third-order valence-corrected chi connectivity index (χ3v) is 12.4. The Labute approximate surface area is 342 Å². The maximum absolute atomic E-state index is 5.54. The Morgan fingerprint density at radius 2 is 1.08 bits per heavy atom. The average Bonchev–Trinajstić information content (AvgIpc) is 3.98. The van der Waals surface area contributed by atoms with Crippen LogP contribution in [0.15, 0.2) is 200 Å². The number of benzene rings is 8. The highest BCUT2D eigenvalue weighted by Crippen LogP contribution is 2.54. The Kier molecular flexibility index (Phi) is 7.20. The van der Waals surface area contributed by atoms with E-state index < -0.39 is 0 Å². The molecule has 5 nitrogen and oxygen atoms in total. The molecule has 280 valence electrons. The van der Waals surface area contributed by atoms with Crippen molar-refractivity contribution in [1.82, 2.24) is 18.5 Å². The predicted molar refractivity (Wildman–Crippen MR) is 244 cm³/mol. The van der Waals surface area contributed by atoms with Crippen LogP contribution in [0.1, 0.15) is 25.0 Å². The molecule has 0 fully saturated rings. The van der Waals surface area contributed by atoms with E-state index in [4.69, 9.17) is 4.98 Å². The monoisotopic (exact) mass is 757 g/mol. The quantitative estimate of drug-likeness (QED) is 0.169. The van der Waals surface area contributed by atoms with Crippen LogP contribution in [0.4, 0.5) is 17.1 Å². The minimum Gasteiger partial charge on any atom is -0.310 e. The molecule has 5 heteroatoms. The van der Waals surface area contributed by atoms with E-state index in [1.54, 1.807) is 0 Å². The maximum atomic E-state index is 5.54. The molecule has 0 radical (unpaired) electrons. The first-order chi connectivity index (χ1) is 29.1. The molecule has 0 N–H and O–H groups in total. The fraction of sp³-hybridized carbons (Fsp3) is 0.0556. The number of aromatic nitrogens is 4. The largest absolute Gasteiger partial charge is 0.310 e. The van der Waals surface area contributed by atoms with Gasteiger partial charge in [-0.25, -0.2) is 0 Å². The number of rotatable bonds is 6. The van der Waals surface area contributed by atoms with Gasteiger partial charge < -0.3 is 4.90 Å². The lowest BCUT2D eigenvalue weighted by Gasteiger charge is -2.29. The Morgan fingerprint density at radius 3 is 1.85 bits per heavy atom. The molecule has 0 saturated heterocycles. The Bertz CT molecular complexity index is 3390. The van der Waals surface area contributed by atoms with Crippen LogP contribution in [0.25, 0.3) is 72.5 Å². The van der Waals surface area contributed by atoms with Gasteiger partial charge >= 0.3 is 0 Å². The molecule has 0 spiro atoms. The third-order valence-electron chi connectivity index (χ3n) is 12.4. The molecular formula is C54H39N5. The molecule has 59 heavy (non-hydrogen) atoms. The van der Waals surface area contributed by atoms with Gasteiger partial charge in [0.2, 0.25) is 5.78 Å². The van der Waals surface area contributed by atoms with Crippen molar-refractivity contribution in [2.75, 3.05) is 4.90 Å². The van der Waals surface area contributed by atoms with E-state index in [0.717, 1.165) is 67.3 Å². The van der Waals surface area contributed by atoms with Crippen LogP contribution >= 0.6 is 0 Å². The maximum Gasteiger partial charge on any atom is 0.222 e. The van der Waals surface area contributed by atoms with E-state index in [-0.39, 0.29) is 5.41 Å². The number of anilines is 3. The Hall–Kier alpha value is -7.63. The molecular weight excluding hydrogens is 719 g/mol. The number of hydrogen-bond acceptors (Lipinski definition) is 2. The second-order valence-electron chi connectivity index (χ2n) is 16.1. The van der Waals surface area contributed by atoms with Crippen LogP contribution in [0.2, 0.25) is 0 Å². The number of imidazole rings is 2. The highest BCUT2D eigenvalue weighted by Gasteiger charge is 2.38. The summed E-state index contributed by atoms with van der Waals surface area (Å²) in [4.78, 5) is 7.99. The van der Waals surface area contributed by atoms with E-state index in [9.17, 15) is 0 Å². The lowest BCUT2D eigenvalue weighted by Crippen LogP contribution is -2.16. The number of para-hydroxylation sites is 3. The van der Waals surface area contributed by atoms with Crippen molar-refractivity contribution in [2.45, 2.75) is 19.3 Å². The average molecular weight is 758 g/mol. The second-order valence-corrected chi connectivity index (χ2v) is 16.1. The third kappa shape index (κ3) is 4.88. The van der Waals surface area contributed by atoms with Crippen LogP contribution in [0.3, 0.4) is 0 Å². The van der Waals surface area contributed by atoms with Gasteiger partial charge in [-0.1, -0.05) is 147 Å². The summed E-state index contributed by atoms with van der Waals surface area (Å²) in [5.41, 5.74) is 18.3. The van der Waals surface area contributed by atoms with Gasteiger partial charge in [0.25, 0.3) is 0 Å². The van der Waals surface area contributed by atoms with Gasteiger partial charge in [0.1, 0.15) is 5.52 Å². The lowest BCUT2D eigenvalue weighted by atomic mass is 9.82. The zero-order valence-corrected chi connectivity index (χ0v) is 32.8. The fourth-order valence-electron chi connectivity index (χ4n) is 9.73. The zero-order chi connectivity index (χ0) is 39.2. The van der Waals surface area contributed by atoms with Gasteiger partial charge in [-0.3, -0.25) is 13.5 Å². The van der Waals surface area contributed by atoms with Gasteiger partial charge in [0.05, 0.1) is 22.2 Å². The Morgan fingerprint density at radius 1 is 0.475 bits per heavy atom. The second kappa shape index (κ2) is 12.7. The van der Waals surface area contributed by atoms with Crippen molar-refractivity contribution in [3.05, 3.63) is 211 Å². The highest BCUT2D eigenvalue weighted by molar-refractivity contribution is 6.10. The first-order valence-electron chi connectivity index (χ1n) is 20.3. The van der Waals surface area contributed by atoms with Crippen molar-refractivity contribution < 1.29 is 0 Å². The van der Waals surface area contributed by atoms with Crippen molar-refractivity contribution in [2.24, 2.45) is 0 Å². The molecule has 0 saturated carbocycles. The van der Waals surface area contributed by atoms with Crippen LogP contribution < -0.4 is 4.90 Å². The summed E-state index contributed by atoms with van der Waals surface area (Å²) in [7, 11) is 0. The summed E-state index contributed by atoms with van der Waals surface area (Å²) in [6.45, 7) is 4.70. The molecule has 0 atom stereocenters. The number of hydrogen-bond donors (Lipinski definition) is 0. The molecule has 3 aromatic heterocycles. The van der Waals surface area contributed by atoms with E-state index in [1.165, 1.54) is 33.4 Å². The van der Waals surface area contributed by atoms with Crippen molar-refractivity contribution in [1.29, 1.82) is 0 Å². The van der Waals surface area contributed by atoms with Gasteiger partial charge in [-0.05, 0) is 94.5 Å². The van der Waals surface area contributed by atoms with Gasteiger partial charge in [0, 0.05) is 39.1 Å². The molecule has 11 aromatic rings. The van der Waals surface area contributed by atoms with Crippen molar-refractivity contribution in [3.63, 3.8) is 0 Å². The molecule has 8 aromatic carbocycles. The minimum atomic E-state index is -0.133. The summed E-state index contributed by atoms with van der Waals surface area (Å²) in [5.74, 6) is 0.874. The standard InChI is InChI=1S/C54H39N5/c1-54(2)44-25-14-12-23-42(44)50-45(54)26-16-28-48(50)56(40-31-29-37(30-32-40)36-17-6-3-7-18-36)41-33-34-47-49(35-41)58(39-21-10-5-11-22-39)53-55-52-51(59(47)53)43-24-13-15-27-46(43)57(52)38-19-8-4-9-20-38/h3-35H,1-2H3. The van der Waals surface area contributed by atoms with Crippen molar-refractivity contribution >= 4 is 55.9 Å². The molecule has 0 aliphatic heterocycles. The highest BCUT2D eigenvalue weighted by atomic mass is 15.3. The summed E-state index contributed by atoms with van der Waals surface area (Å²) >= 11 is 0. The smallest absolute Gasteiger partial charge is 0.222 e. The first-order valence-corrected chi connectivity index (χ1v) is 20.3. The molecule has 0 unspecified atom stereocenters. The number of fused-ring (bicyclic) bond motifs is 10. The minimum absolute atomic E-state index is 0.133. The molecule has 1 aliphatic carbocycles. The SMILES string of the molecule is CC1(C)c2ccccc2-c2c(N(c3ccc(-c4ccccc4)cc3)c3ccc4c(c3)n(-c3ccccc3)c3nc5c(c6ccccc6n5-c5ccccc5)n43)cccc21.